The van der Waals surface area contributed by atoms with Crippen molar-refractivity contribution in [3.8, 4) is 0 Å². The average molecular weight is 267 g/mol. The number of hydrogen-bond acceptors (Lipinski definition) is 4. The van der Waals surface area contributed by atoms with Crippen molar-refractivity contribution in [3.05, 3.63) is 23.7 Å². The van der Waals surface area contributed by atoms with Gasteiger partial charge in [0, 0.05) is 0 Å². The van der Waals surface area contributed by atoms with Crippen LogP contribution in [0.25, 0.3) is 0 Å². The molecule has 0 bridgehead atoms. The minimum absolute atomic E-state index is 0.832. The molecule has 0 aliphatic rings. The largest absolute Gasteiger partial charge is 0.463 e. The fourth-order valence-corrected chi connectivity index (χ4v) is 1.99. The molecule has 1 N–H and O–H groups in total. The molecule has 1 rings (SSSR count). The van der Waals surface area contributed by atoms with Crippen molar-refractivity contribution in [1.82, 2.24) is 15.1 Å². The standard InChI is InChI=1S/C15H29N3O/c1-5-9-16-12-14-7-8-15(19-14)13-18(4)11-6-10-17(2)3/h7-8,16H,5-6,9-13H2,1-4H3. The highest BCUT2D eigenvalue weighted by atomic mass is 16.3. The summed E-state index contributed by atoms with van der Waals surface area (Å²) in [4.78, 5) is 4.53. The number of nitrogens with zero attached hydrogens (tertiary/aromatic N) is 2. The molecule has 0 unspecified atom stereocenters. The zero-order valence-corrected chi connectivity index (χ0v) is 12.9. The summed E-state index contributed by atoms with van der Waals surface area (Å²) in [5, 5.41) is 3.35. The van der Waals surface area contributed by atoms with Crippen molar-refractivity contribution in [2.24, 2.45) is 0 Å². The first-order valence-corrected chi connectivity index (χ1v) is 7.23. The van der Waals surface area contributed by atoms with E-state index in [0.717, 1.165) is 50.7 Å². The Morgan fingerprint density at radius 3 is 2.53 bits per heavy atom. The maximum absolute atomic E-state index is 5.81. The summed E-state index contributed by atoms with van der Waals surface area (Å²) >= 11 is 0. The lowest BCUT2D eigenvalue weighted by Crippen LogP contribution is -2.23. The molecule has 0 saturated carbocycles. The molecule has 0 aliphatic carbocycles. The van der Waals surface area contributed by atoms with Gasteiger partial charge in [0.05, 0.1) is 13.1 Å². The van der Waals surface area contributed by atoms with Crippen molar-refractivity contribution in [2.45, 2.75) is 32.9 Å². The predicted molar refractivity (Wildman–Crippen MR) is 80.2 cm³/mol. The second-order valence-electron chi connectivity index (χ2n) is 5.44. The van der Waals surface area contributed by atoms with Crippen LogP contribution in [0.5, 0.6) is 0 Å². The van der Waals surface area contributed by atoms with Crippen molar-refractivity contribution >= 4 is 0 Å². The molecule has 0 saturated heterocycles. The molecule has 4 heteroatoms. The number of nitrogens with one attached hydrogen (secondary N) is 1. The summed E-state index contributed by atoms with van der Waals surface area (Å²) in [5.74, 6) is 2.09. The summed E-state index contributed by atoms with van der Waals surface area (Å²) in [7, 11) is 6.37. The van der Waals surface area contributed by atoms with Gasteiger partial charge in [0.1, 0.15) is 11.5 Å². The normalized spacial score (nSPS) is 11.7. The molecular formula is C15H29N3O. The van der Waals surface area contributed by atoms with Gasteiger partial charge in [-0.3, -0.25) is 4.90 Å². The monoisotopic (exact) mass is 267 g/mol. The number of furan rings is 1. The average Bonchev–Trinajstić information content (AvgIpc) is 2.76. The van der Waals surface area contributed by atoms with Crippen LogP contribution in [-0.2, 0) is 13.1 Å². The lowest BCUT2D eigenvalue weighted by Gasteiger charge is -2.16. The second kappa shape index (κ2) is 9.13. The van der Waals surface area contributed by atoms with Crippen LogP contribution in [0.1, 0.15) is 31.3 Å². The molecule has 0 atom stereocenters. The molecule has 1 aromatic rings. The topological polar surface area (TPSA) is 31.6 Å². The van der Waals surface area contributed by atoms with Crippen LogP contribution in [0.2, 0.25) is 0 Å². The van der Waals surface area contributed by atoms with Crippen LogP contribution in [0.3, 0.4) is 0 Å². The summed E-state index contributed by atoms with van der Waals surface area (Å²) in [5.41, 5.74) is 0. The lowest BCUT2D eigenvalue weighted by molar-refractivity contribution is 0.270. The van der Waals surface area contributed by atoms with Crippen LogP contribution in [0.4, 0.5) is 0 Å². The Morgan fingerprint density at radius 2 is 1.84 bits per heavy atom. The van der Waals surface area contributed by atoms with Crippen LogP contribution in [0.15, 0.2) is 16.5 Å². The highest BCUT2D eigenvalue weighted by molar-refractivity contribution is 5.06. The maximum atomic E-state index is 5.81. The lowest BCUT2D eigenvalue weighted by atomic mass is 10.3. The molecule has 0 amide bonds. The SMILES string of the molecule is CCCNCc1ccc(CN(C)CCCN(C)C)o1. The first-order valence-electron chi connectivity index (χ1n) is 7.23. The van der Waals surface area contributed by atoms with Crippen molar-refractivity contribution in [1.29, 1.82) is 0 Å². The van der Waals surface area contributed by atoms with E-state index < -0.39 is 0 Å². The molecule has 0 aromatic carbocycles. The van der Waals surface area contributed by atoms with Gasteiger partial charge in [-0.2, -0.15) is 0 Å². The molecule has 0 spiro atoms. The van der Waals surface area contributed by atoms with Crippen LogP contribution in [0, 0.1) is 0 Å². The van der Waals surface area contributed by atoms with Gasteiger partial charge in [-0.05, 0) is 65.8 Å². The number of hydrogen-bond donors (Lipinski definition) is 1. The van der Waals surface area contributed by atoms with E-state index in [-0.39, 0.29) is 0 Å². The Kier molecular flexibility index (Phi) is 7.79. The van der Waals surface area contributed by atoms with Crippen LogP contribution in [-0.4, -0.2) is 50.6 Å². The van der Waals surface area contributed by atoms with Gasteiger partial charge in [-0.25, -0.2) is 0 Å². The highest BCUT2D eigenvalue weighted by Crippen LogP contribution is 2.10. The predicted octanol–water partition coefficient (Wildman–Crippen LogP) is 2.16. The third-order valence-corrected chi connectivity index (χ3v) is 3.01. The van der Waals surface area contributed by atoms with Gasteiger partial charge in [-0.1, -0.05) is 6.92 Å². The Labute approximate surface area is 117 Å². The summed E-state index contributed by atoms with van der Waals surface area (Å²) in [6.07, 6.45) is 2.34. The van der Waals surface area contributed by atoms with Crippen LogP contribution < -0.4 is 5.32 Å². The van der Waals surface area contributed by atoms with Gasteiger partial charge in [0.15, 0.2) is 0 Å². The molecule has 0 radical (unpaired) electrons. The fourth-order valence-electron chi connectivity index (χ4n) is 1.99. The minimum Gasteiger partial charge on any atom is -0.463 e. The summed E-state index contributed by atoms with van der Waals surface area (Å²) in [6, 6.07) is 4.16. The van der Waals surface area contributed by atoms with Crippen molar-refractivity contribution < 1.29 is 4.42 Å². The van der Waals surface area contributed by atoms with E-state index in [4.69, 9.17) is 4.42 Å². The van der Waals surface area contributed by atoms with Gasteiger partial charge >= 0.3 is 0 Å². The van der Waals surface area contributed by atoms with E-state index in [9.17, 15) is 0 Å². The number of rotatable bonds is 10. The molecule has 0 fully saturated rings. The van der Waals surface area contributed by atoms with E-state index in [1.54, 1.807) is 0 Å². The first kappa shape index (κ1) is 16.2. The van der Waals surface area contributed by atoms with Crippen molar-refractivity contribution in [3.63, 3.8) is 0 Å². The Hall–Kier alpha value is -0.840. The molecule has 0 aliphatic heterocycles. The Morgan fingerprint density at radius 1 is 1.11 bits per heavy atom. The zero-order valence-electron chi connectivity index (χ0n) is 12.9. The van der Waals surface area contributed by atoms with E-state index in [1.165, 1.54) is 6.42 Å². The van der Waals surface area contributed by atoms with Crippen LogP contribution >= 0.6 is 0 Å². The Bertz CT molecular complexity index is 336. The highest BCUT2D eigenvalue weighted by Gasteiger charge is 2.05. The van der Waals surface area contributed by atoms with E-state index in [2.05, 4.69) is 55.3 Å². The molecule has 4 nitrogen and oxygen atoms in total. The van der Waals surface area contributed by atoms with E-state index in [0.29, 0.717) is 0 Å². The van der Waals surface area contributed by atoms with Gasteiger partial charge in [-0.15, -0.1) is 0 Å². The van der Waals surface area contributed by atoms with E-state index >= 15 is 0 Å². The van der Waals surface area contributed by atoms with Crippen molar-refractivity contribution in [2.75, 3.05) is 40.8 Å². The first-order chi connectivity index (χ1) is 9.11. The molecule has 19 heavy (non-hydrogen) atoms. The maximum Gasteiger partial charge on any atom is 0.118 e. The molecule has 110 valence electrons. The quantitative estimate of drug-likeness (QED) is 0.658. The molecular weight excluding hydrogens is 238 g/mol. The van der Waals surface area contributed by atoms with Gasteiger partial charge < -0.3 is 14.6 Å². The second-order valence-corrected chi connectivity index (χ2v) is 5.44. The smallest absolute Gasteiger partial charge is 0.118 e. The molecule has 1 heterocycles. The summed E-state index contributed by atoms with van der Waals surface area (Å²) < 4.78 is 5.81. The van der Waals surface area contributed by atoms with E-state index in [1.807, 2.05) is 0 Å². The van der Waals surface area contributed by atoms with Gasteiger partial charge in [0.2, 0.25) is 0 Å². The minimum atomic E-state index is 0.832. The molecule has 1 aromatic heterocycles. The van der Waals surface area contributed by atoms with Gasteiger partial charge in [0.25, 0.3) is 0 Å². The third kappa shape index (κ3) is 7.35. The zero-order chi connectivity index (χ0) is 14.1. The Balaban J connectivity index is 2.24. The third-order valence-electron chi connectivity index (χ3n) is 3.01. The fraction of sp³-hybridized carbons (Fsp3) is 0.733. The summed E-state index contributed by atoms with van der Waals surface area (Å²) in [6.45, 7) is 7.17.